The summed E-state index contributed by atoms with van der Waals surface area (Å²) in [5, 5.41) is 11.1. The van der Waals surface area contributed by atoms with Crippen molar-refractivity contribution < 1.29 is 19.4 Å². The van der Waals surface area contributed by atoms with Gasteiger partial charge in [0.05, 0.1) is 0 Å². The minimum Gasteiger partial charge on any atom is -0.550 e. The molecule has 19 heavy (non-hydrogen) atoms. The van der Waals surface area contributed by atoms with Crippen molar-refractivity contribution in [2.45, 2.75) is 53.1 Å². The molecule has 108 valence electrons. The molecule has 0 amide bonds. The lowest BCUT2D eigenvalue weighted by Gasteiger charge is -2.37. The van der Waals surface area contributed by atoms with Gasteiger partial charge < -0.3 is 14.6 Å². The monoisotopic (exact) mass is 267 g/mol. The molecule has 1 rings (SSSR count). The number of carboxylic acids is 1. The second kappa shape index (κ2) is 6.73. The van der Waals surface area contributed by atoms with Crippen LogP contribution in [0.25, 0.3) is 0 Å². The molecule has 0 aromatic heterocycles. The van der Waals surface area contributed by atoms with Gasteiger partial charge in [-0.1, -0.05) is 32.4 Å². The van der Waals surface area contributed by atoms with Gasteiger partial charge in [-0.3, -0.25) is 4.79 Å². The van der Waals surface area contributed by atoms with E-state index in [-0.39, 0.29) is 24.2 Å². The fourth-order valence-electron chi connectivity index (χ4n) is 2.71. The molecular weight excluding hydrogens is 244 g/mol. The largest absolute Gasteiger partial charge is 0.550 e. The Hall–Kier alpha value is -1.32. The highest BCUT2D eigenvalue weighted by molar-refractivity contribution is 5.71. The molecule has 0 spiro atoms. The Morgan fingerprint density at radius 1 is 1.53 bits per heavy atom. The summed E-state index contributed by atoms with van der Waals surface area (Å²) in [7, 11) is 0. The van der Waals surface area contributed by atoms with E-state index in [2.05, 4.69) is 13.0 Å². The highest BCUT2D eigenvalue weighted by Crippen LogP contribution is 2.35. The van der Waals surface area contributed by atoms with E-state index < -0.39 is 18.0 Å². The molecule has 0 heterocycles. The van der Waals surface area contributed by atoms with Crippen molar-refractivity contribution in [3.8, 4) is 0 Å². The molecular formula is C15H23O4-. The van der Waals surface area contributed by atoms with Crippen molar-refractivity contribution >= 4 is 11.9 Å². The standard InChI is InChI=1S/C15H24O4/c1-5-13(16)19-14(11(4)15(17)18)12-7-6-9(2)8-10(12)3/h8,10-12,14H,5-7H2,1-4H3,(H,17,18)/p-1. The van der Waals surface area contributed by atoms with Gasteiger partial charge in [0, 0.05) is 24.2 Å². The Bertz CT molecular complexity index is 372. The van der Waals surface area contributed by atoms with Crippen molar-refractivity contribution in [3.05, 3.63) is 11.6 Å². The molecule has 4 heteroatoms. The zero-order chi connectivity index (χ0) is 14.6. The fourth-order valence-corrected chi connectivity index (χ4v) is 2.71. The molecule has 4 atom stereocenters. The summed E-state index contributed by atoms with van der Waals surface area (Å²) in [6.45, 7) is 7.38. The highest BCUT2D eigenvalue weighted by Gasteiger charge is 2.35. The number of carbonyl (C=O) groups is 2. The lowest BCUT2D eigenvalue weighted by Crippen LogP contribution is -2.44. The second-order valence-corrected chi connectivity index (χ2v) is 5.49. The van der Waals surface area contributed by atoms with E-state index in [1.165, 1.54) is 5.57 Å². The van der Waals surface area contributed by atoms with Crippen molar-refractivity contribution in [2.75, 3.05) is 0 Å². The summed E-state index contributed by atoms with van der Waals surface area (Å²) in [5.74, 6) is -2.03. The maximum absolute atomic E-state index is 11.5. The van der Waals surface area contributed by atoms with Gasteiger partial charge >= 0.3 is 5.97 Å². The number of allylic oxidation sites excluding steroid dienone is 2. The minimum absolute atomic E-state index is 0.0482. The summed E-state index contributed by atoms with van der Waals surface area (Å²) in [5.41, 5.74) is 1.31. The first-order valence-corrected chi connectivity index (χ1v) is 6.94. The zero-order valence-corrected chi connectivity index (χ0v) is 12.1. The Kier molecular flexibility index (Phi) is 5.58. The Morgan fingerprint density at radius 3 is 2.63 bits per heavy atom. The number of ether oxygens (including phenoxy) is 1. The SMILES string of the molecule is CCC(=O)OC(C(C)C(=O)[O-])C1CCC(C)=CC1C. The Balaban J connectivity index is 2.90. The van der Waals surface area contributed by atoms with Crippen LogP contribution in [0.3, 0.4) is 0 Å². The maximum atomic E-state index is 11.5. The van der Waals surface area contributed by atoms with E-state index in [0.29, 0.717) is 0 Å². The van der Waals surface area contributed by atoms with Crippen molar-refractivity contribution in [3.63, 3.8) is 0 Å². The van der Waals surface area contributed by atoms with Crippen LogP contribution >= 0.6 is 0 Å². The van der Waals surface area contributed by atoms with Crippen molar-refractivity contribution in [1.29, 1.82) is 0 Å². The van der Waals surface area contributed by atoms with Crippen LogP contribution < -0.4 is 5.11 Å². The molecule has 0 aromatic rings. The van der Waals surface area contributed by atoms with Crippen LogP contribution in [0.15, 0.2) is 11.6 Å². The third kappa shape index (κ3) is 4.08. The summed E-state index contributed by atoms with van der Waals surface area (Å²) in [6, 6.07) is 0. The molecule has 0 radical (unpaired) electrons. The van der Waals surface area contributed by atoms with Crippen LogP contribution in [0, 0.1) is 17.8 Å². The minimum atomic E-state index is -1.16. The summed E-state index contributed by atoms with van der Waals surface area (Å²) < 4.78 is 5.38. The molecule has 1 aliphatic carbocycles. The third-order valence-electron chi connectivity index (χ3n) is 3.94. The average molecular weight is 267 g/mol. The molecule has 0 saturated heterocycles. The van der Waals surface area contributed by atoms with Crippen LogP contribution in [0.4, 0.5) is 0 Å². The third-order valence-corrected chi connectivity index (χ3v) is 3.94. The first-order valence-electron chi connectivity index (χ1n) is 6.94. The molecule has 0 aromatic carbocycles. The van der Waals surface area contributed by atoms with Crippen LogP contribution in [0.1, 0.15) is 47.0 Å². The molecule has 4 unspecified atom stereocenters. The molecule has 0 saturated carbocycles. The van der Waals surface area contributed by atoms with E-state index >= 15 is 0 Å². The first kappa shape index (κ1) is 15.7. The van der Waals surface area contributed by atoms with E-state index in [1.807, 2.05) is 6.92 Å². The van der Waals surface area contributed by atoms with Gasteiger partial charge in [0.25, 0.3) is 0 Å². The normalized spacial score (nSPS) is 26.2. The zero-order valence-electron chi connectivity index (χ0n) is 12.1. The molecule has 4 nitrogen and oxygen atoms in total. The van der Waals surface area contributed by atoms with E-state index in [9.17, 15) is 14.7 Å². The van der Waals surface area contributed by atoms with Crippen LogP contribution in [0.5, 0.6) is 0 Å². The first-order chi connectivity index (χ1) is 8.86. The number of carbonyl (C=O) groups excluding carboxylic acids is 2. The smallest absolute Gasteiger partial charge is 0.305 e. The Labute approximate surface area is 114 Å². The van der Waals surface area contributed by atoms with E-state index in [0.717, 1.165) is 12.8 Å². The van der Waals surface area contributed by atoms with E-state index in [1.54, 1.807) is 13.8 Å². The molecule has 0 bridgehead atoms. The average Bonchev–Trinajstić information content (AvgIpc) is 2.35. The van der Waals surface area contributed by atoms with E-state index in [4.69, 9.17) is 4.74 Å². The highest BCUT2D eigenvalue weighted by atomic mass is 16.5. The van der Waals surface area contributed by atoms with Gasteiger partial charge in [0.1, 0.15) is 6.10 Å². The lowest BCUT2D eigenvalue weighted by atomic mass is 9.75. The van der Waals surface area contributed by atoms with Gasteiger partial charge in [-0.2, -0.15) is 0 Å². The summed E-state index contributed by atoms with van der Waals surface area (Å²) >= 11 is 0. The number of rotatable bonds is 5. The summed E-state index contributed by atoms with van der Waals surface area (Å²) in [6.07, 6.45) is 3.57. The van der Waals surface area contributed by atoms with Crippen LogP contribution in [-0.2, 0) is 14.3 Å². The number of aliphatic carboxylic acids is 1. The quantitative estimate of drug-likeness (QED) is 0.561. The lowest BCUT2D eigenvalue weighted by molar-refractivity contribution is -0.314. The predicted octanol–water partition coefficient (Wildman–Crippen LogP) is 1.69. The van der Waals surface area contributed by atoms with Crippen molar-refractivity contribution in [2.24, 2.45) is 17.8 Å². The van der Waals surface area contributed by atoms with Crippen LogP contribution in [0.2, 0.25) is 0 Å². The fraction of sp³-hybridized carbons (Fsp3) is 0.733. The number of carboxylic acid groups (broad SMARTS) is 1. The molecule has 1 aliphatic rings. The molecule has 0 N–H and O–H groups in total. The predicted molar refractivity (Wildman–Crippen MR) is 70.0 cm³/mol. The Morgan fingerprint density at radius 2 is 2.16 bits per heavy atom. The van der Waals surface area contributed by atoms with Gasteiger partial charge in [0.2, 0.25) is 0 Å². The number of hydrogen-bond acceptors (Lipinski definition) is 4. The maximum Gasteiger partial charge on any atom is 0.305 e. The molecule has 0 fully saturated rings. The number of hydrogen-bond donors (Lipinski definition) is 0. The molecule has 0 aliphatic heterocycles. The summed E-state index contributed by atoms with van der Waals surface area (Å²) in [4.78, 5) is 22.6. The van der Waals surface area contributed by atoms with Gasteiger partial charge in [-0.05, 0) is 25.7 Å². The second-order valence-electron chi connectivity index (χ2n) is 5.49. The van der Waals surface area contributed by atoms with Gasteiger partial charge in [-0.25, -0.2) is 0 Å². The topological polar surface area (TPSA) is 66.4 Å². The number of esters is 1. The van der Waals surface area contributed by atoms with Crippen LogP contribution in [-0.4, -0.2) is 18.0 Å². The van der Waals surface area contributed by atoms with Gasteiger partial charge in [-0.15, -0.1) is 0 Å². The van der Waals surface area contributed by atoms with Crippen molar-refractivity contribution in [1.82, 2.24) is 0 Å². The van der Waals surface area contributed by atoms with Gasteiger partial charge in [0.15, 0.2) is 0 Å².